The van der Waals surface area contributed by atoms with Crippen LogP contribution in [0.15, 0.2) is 54.7 Å². The van der Waals surface area contributed by atoms with Crippen LogP contribution in [0.1, 0.15) is 21.5 Å². The highest BCUT2D eigenvalue weighted by Gasteiger charge is 2.14. The van der Waals surface area contributed by atoms with Gasteiger partial charge in [-0.05, 0) is 48.4 Å². The van der Waals surface area contributed by atoms with Gasteiger partial charge in [0.15, 0.2) is 0 Å². The van der Waals surface area contributed by atoms with Crippen LogP contribution in [0.3, 0.4) is 0 Å². The molecule has 25 heavy (non-hydrogen) atoms. The van der Waals surface area contributed by atoms with Gasteiger partial charge in [0.25, 0.3) is 0 Å². The molecule has 2 aromatic carbocycles. The summed E-state index contributed by atoms with van der Waals surface area (Å²) in [5.74, 6) is -1.75. The largest absolute Gasteiger partial charge is 0.478 e. The van der Waals surface area contributed by atoms with Crippen LogP contribution in [0.25, 0.3) is 22.4 Å². The minimum Gasteiger partial charge on any atom is -0.478 e. The summed E-state index contributed by atoms with van der Waals surface area (Å²) in [5.41, 5.74) is 2.89. The number of aromatic carboxylic acids is 1. The lowest BCUT2D eigenvalue weighted by Gasteiger charge is -2.10. The van der Waals surface area contributed by atoms with E-state index in [-0.39, 0.29) is 11.1 Å². The fourth-order valence-corrected chi connectivity index (χ4v) is 2.57. The number of carboxylic acids is 1. The quantitative estimate of drug-likeness (QED) is 0.770. The van der Waals surface area contributed by atoms with Crippen LogP contribution in [0.5, 0.6) is 0 Å². The molecule has 0 fully saturated rings. The van der Waals surface area contributed by atoms with Crippen LogP contribution in [-0.4, -0.2) is 16.1 Å². The van der Waals surface area contributed by atoms with Crippen molar-refractivity contribution < 1.29 is 14.3 Å². The third-order valence-electron chi connectivity index (χ3n) is 3.82. The van der Waals surface area contributed by atoms with Gasteiger partial charge in [-0.3, -0.25) is 4.98 Å². The number of carboxylic acid groups (broad SMARTS) is 1. The molecule has 0 saturated heterocycles. The lowest BCUT2D eigenvalue weighted by Crippen LogP contribution is -1.99. The average Bonchev–Trinajstić information content (AvgIpc) is 2.61. The topological polar surface area (TPSA) is 74.0 Å². The van der Waals surface area contributed by atoms with E-state index in [4.69, 9.17) is 0 Å². The van der Waals surface area contributed by atoms with Gasteiger partial charge < -0.3 is 5.11 Å². The van der Waals surface area contributed by atoms with Gasteiger partial charge in [0.05, 0.1) is 16.8 Å². The number of aromatic nitrogens is 1. The molecule has 3 aromatic rings. The van der Waals surface area contributed by atoms with E-state index in [1.807, 2.05) is 19.1 Å². The monoisotopic (exact) mass is 332 g/mol. The molecule has 0 radical (unpaired) electrons. The predicted octanol–water partition coefficient (Wildman–Crippen LogP) is 4.43. The number of rotatable bonds is 3. The highest BCUT2D eigenvalue weighted by atomic mass is 19.1. The van der Waals surface area contributed by atoms with E-state index in [1.165, 1.54) is 24.3 Å². The zero-order valence-electron chi connectivity index (χ0n) is 13.3. The molecule has 1 aromatic heterocycles. The molecule has 4 nitrogen and oxygen atoms in total. The van der Waals surface area contributed by atoms with Crippen molar-refractivity contribution in [1.82, 2.24) is 4.98 Å². The second-order valence-corrected chi connectivity index (χ2v) is 5.60. The maximum absolute atomic E-state index is 13.9. The van der Waals surface area contributed by atoms with E-state index in [0.717, 1.165) is 5.56 Å². The lowest BCUT2D eigenvalue weighted by atomic mass is 9.95. The number of nitrogens with zero attached hydrogens (tertiary/aromatic N) is 2. The summed E-state index contributed by atoms with van der Waals surface area (Å²) in [5, 5.41) is 18.6. The van der Waals surface area contributed by atoms with Gasteiger partial charge in [-0.15, -0.1) is 0 Å². The van der Waals surface area contributed by atoms with Gasteiger partial charge in [0.1, 0.15) is 11.9 Å². The van der Waals surface area contributed by atoms with E-state index in [2.05, 4.69) is 4.98 Å². The average molecular weight is 332 g/mol. The van der Waals surface area contributed by atoms with E-state index >= 15 is 0 Å². The van der Waals surface area contributed by atoms with Gasteiger partial charge in [0.2, 0.25) is 0 Å². The van der Waals surface area contributed by atoms with Crippen LogP contribution < -0.4 is 0 Å². The van der Waals surface area contributed by atoms with Crippen LogP contribution in [-0.2, 0) is 0 Å². The summed E-state index contributed by atoms with van der Waals surface area (Å²) in [7, 11) is 0. The van der Waals surface area contributed by atoms with Gasteiger partial charge >= 0.3 is 5.97 Å². The summed E-state index contributed by atoms with van der Waals surface area (Å²) in [4.78, 5) is 15.8. The first-order valence-electron chi connectivity index (χ1n) is 7.50. The normalized spacial score (nSPS) is 10.3. The molecule has 1 N–H and O–H groups in total. The Morgan fingerprint density at radius 3 is 2.56 bits per heavy atom. The highest BCUT2D eigenvalue weighted by molar-refractivity contribution is 5.92. The Balaban J connectivity index is 2.25. The Kier molecular flexibility index (Phi) is 4.27. The van der Waals surface area contributed by atoms with Crippen molar-refractivity contribution in [3.63, 3.8) is 0 Å². The molecule has 0 bridgehead atoms. The first-order valence-corrected chi connectivity index (χ1v) is 7.50. The molecule has 0 spiro atoms. The van der Waals surface area contributed by atoms with E-state index in [0.29, 0.717) is 22.4 Å². The number of carbonyl (C=O) groups is 1. The number of halogens is 1. The van der Waals surface area contributed by atoms with Crippen molar-refractivity contribution in [3.8, 4) is 28.5 Å². The molecule has 3 rings (SSSR count). The third kappa shape index (κ3) is 3.24. The molecule has 0 atom stereocenters. The molecule has 0 saturated carbocycles. The first-order chi connectivity index (χ1) is 12.0. The maximum atomic E-state index is 13.9. The number of pyridine rings is 1. The number of hydrogen-bond donors (Lipinski definition) is 1. The smallest absolute Gasteiger partial charge is 0.335 e. The molecule has 0 unspecified atom stereocenters. The Bertz CT molecular complexity index is 1010. The Morgan fingerprint density at radius 1 is 1.16 bits per heavy atom. The predicted molar refractivity (Wildman–Crippen MR) is 91.5 cm³/mol. The van der Waals surface area contributed by atoms with Crippen molar-refractivity contribution in [2.45, 2.75) is 6.92 Å². The SMILES string of the molecule is Cc1ccc(-c2cc(C(=O)O)cc(-c3cccc(F)c3C#N)c2)nc1. The van der Waals surface area contributed by atoms with Gasteiger partial charge in [-0.2, -0.15) is 5.26 Å². The van der Waals surface area contributed by atoms with E-state index < -0.39 is 11.8 Å². The summed E-state index contributed by atoms with van der Waals surface area (Å²) in [6.45, 7) is 1.90. The summed E-state index contributed by atoms with van der Waals surface area (Å²) in [6, 6.07) is 14.4. The summed E-state index contributed by atoms with van der Waals surface area (Å²) < 4.78 is 13.9. The first kappa shape index (κ1) is 16.3. The highest BCUT2D eigenvalue weighted by Crippen LogP contribution is 2.30. The summed E-state index contributed by atoms with van der Waals surface area (Å²) >= 11 is 0. The third-order valence-corrected chi connectivity index (χ3v) is 3.82. The maximum Gasteiger partial charge on any atom is 0.335 e. The standard InChI is InChI=1S/C20H13FN2O2/c1-12-5-6-19(23-11-12)14-7-13(8-15(9-14)20(24)25)16-3-2-4-18(21)17(16)10-22/h2-9,11H,1H3,(H,24,25). The lowest BCUT2D eigenvalue weighted by molar-refractivity contribution is 0.0697. The minimum absolute atomic E-state index is 0.0445. The van der Waals surface area contributed by atoms with Gasteiger partial charge in [-0.25, -0.2) is 9.18 Å². The van der Waals surface area contributed by atoms with E-state index in [9.17, 15) is 19.6 Å². The van der Waals surface area contributed by atoms with Crippen LogP contribution in [0.4, 0.5) is 4.39 Å². The zero-order valence-corrected chi connectivity index (χ0v) is 13.3. The fraction of sp³-hybridized carbons (Fsp3) is 0.0500. The number of hydrogen-bond acceptors (Lipinski definition) is 3. The minimum atomic E-state index is -1.11. The van der Waals surface area contributed by atoms with Crippen molar-refractivity contribution in [2.75, 3.05) is 0 Å². The molecule has 0 amide bonds. The Labute approximate surface area is 143 Å². The number of nitriles is 1. The molecular weight excluding hydrogens is 319 g/mol. The zero-order chi connectivity index (χ0) is 18.0. The Hall–Kier alpha value is -3.52. The molecule has 0 aliphatic rings. The van der Waals surface area contributed by atoms with Gasteiger partial charge in [-0.1, -0.05) is 18.2 Å². The van der Waals surface area contributed by atoms with Gasteiger partial charge in [0, 0.05) is 17.3 Å². The van der Waals surface area contributed by atoms with Crippen molar-refractivity contribution in [1.29, 1.82) is 5.26 Å². The second kappa shape index (κ2) is 6.54. The molecular formula is C20H13FN2O2. The summed E-state index contributed by atoms with van der Waals surface area (Å²) in [6.07, 6.45) is 1.69. The molecule has 0 aliphatic heterocycles. The van der Waals surface area contributed by atoms with E-state index in [1.54, 1.807) is 24.4 Å². The van der Waals surface area contributed by atoms with Crippen LogP contribution >= 0.6 is 0 Å². The second-order valence-electron chi connectivity index (χ2n) is 5.60. The number of aryl methyl sites for hydroxylation is 1. The van der Waals surface area contributed by atoms with Crippen molar-refractivity contribution in [2.24, 2.45) is 0 Å². The van der Waals surface area contributed by atoms with Crippen molar-refractivity contribution >= 4 is 5.97 Å². The fourth-order valence-electron chi connectivity index (χ4n) is 2.57. The Morgan fingerprint density at radius 2 is 1.92 bits per heavy atom. The molecule has 122 valence electrons. The molecule has 1 heterocycles. The molecule has 0 aliphatic carbocycles. The van der Waals surface area contributed by atoms with Crippen LogP contribution in [0, 0.1) is 24.1 Å². The molecule has 5 heteroatoms. The van der Waals surface area contributed by atoms with Crippen molar-refractivity contribution in [3.05, 3.63) is 77.2 Å². The number of benzene rings is 2. The van der Waals surface area contributed by atoms with Crippen LogP contribution in [0.2, 0.25) is 0 Å².